The zero-order valence-electron chi connectivity index (χ0n) is 8.83. The van der Waals surface area contributed by atoms with Crippen LogP contribution < -0.4 is 0 Å². The Morgan fingerprint density at radius 2 is 1.29 bits per heavy atom. The molecule has 0 aromatic carbocycles. The van der Waals surface area contributed by atoms with Crippen LogP contribution in [-0.4, -0.2) is 7.85 Å². The fourth-order valence-corrected chi connectivity index (χ4v) is 7.11. The van der Waals surface area contributed by atoms with E-state index in [0.717, 1.165) is 0 Å². The van der Waals surface area contributed by atoms with Crippen LogP contribution in [0.25, 0.3) is 0 Å². The fraction of sp³-hybridized carbons (Fsp3) is 1.00. The monoisotopic (exact) mass is 418 g/mol. The highest BCUT2D eigenvalue weighted by Gasteiger charge is 2.50. The number of alkyl halides is 2. The van der Waals surface area contributed by atoms with Crippen molar-refractivity contribution < 1.29 is 0 Å². The Morgan fingerprint density at radius 1 is 0.786 bits per heavy atom. The minimum absolute atomic E-state index is 0.673. The minimum atomic E-state index is 0.673. The average Bonchev–Trinajstić information content (AvgIpc) is 2.68. The van der Waals surface area contributed by atoms with Gasteiger partial charge >= 0.3 is 0 Å². The highest BCUT2D eigenvalue weighted by atomic mass is 127. The molecular formula is C12H20I2. The standard InChI is InChI=1S/C12H20I2/c13-10-11(6-2-1-3-7-11)12(14)8-4-5-9-12/h1-10H2. The smallest absolute Gasteiger partial charge is 0.0285 e. The molecule has 14 heavy (non-hydrogen) atoms. The van der Waals surface area contributed by atoms with Crippen LogP contribution in [0.2, 0.25) is 0 Å². The highest BCUT2D eigenvalue weighted by molar-refractivity contribution is 14.1. The normalized spacial score (nSPS) is 30.4. The summed E-state index contributed by atoms with van der Waals surface area (Å²) in [6.07, 6.45) is 13.5. The SMILES string of the molecule is ICC1(C2(I)CCCC2)CCCCC1. The van der Waals surface area contributed by atoms with E-state index in [1.54, 1.807) is 0 Å². The molecule has 2 aliphatic carbocycles. The number of rotatable bonds is 2. The summed E-state index contributed by atoms with van der Waals surface area (Å²) < 4.78 is 2.07. The summed E-state index contributed by atoms with van der Waals surface area (Å²) in [6, 6.07) is 0. The van der Waals surface area contributed by atoms with E-state index in [9.17, 15) is 0 Å². The molecule has 0 heterocycles. The summed E-state index contributed by atoms with van der Waals surface area (Å²) in [5, 5.41) is 0. The molecule has 0 spiro atoms. The van der Waals surface area contributed by atoms with Crippen LogP contribution in [-0.2, 0) is 0 Å². The van der Waals surface area contributed by atoms with Gasteiger partial charge in [-0.15, -0.1) is 0 Å². The molecule has 0 nitrogen and oxygen atoms in total. The van der Waals surface area contributed by atoms with Crippen molar-refractivity contribution in [3.63, 3.8) is 0 Å². The van der Waals surface area contributed by atoms with Crippen molar-refractivity contribution in [2.24, 2.45) is 5.41 Å². The van der Waals surface area contributed by atoms with Gasteiger partial charge in [-0.25, -0.2) is 0 Å². The van der Waals surface area contributed by atoms with E-state index in [2.05, 4.69) is 45.2 Å². The Morgan fingerprint density at radius 3 is 1.79 bits per heavy atom. The lowest BCUT2D eigenvalue weighted by atomic mass is 9.66. The maximum atomic E-state index is 2.83. The summed E-state index contributed by atoms with van der Waals surface area (Å²) in [5.74, 6) is 0. The Labute approximate surface area is 115 Å². The van der Waals surface area contributed by atoms with Gasteiger partial charge < -0.3 is 0 Å². The third kappa shape index (κ3) is 1.98. The molecule has 2 saturated carbocycles. The predicted molar refractivity (Wildman–Crippen MR) is 79.6 cm³/mol. The quantitative estimate of drug-likeness (QED) is 0.432. The summed E-state index contributed by atoms with van der Waals surface area (Å²) in [5.41, 5.74) is 0.711. The van der Waals surface area contributed by atoms with Gasteiger partial charge in [0.2, 0.25) is 0 Å². The maximum absolute atomic E-state index is 2.83. The lowest BCUT2D eigenvalue weighted by molar-refractivity contribution is 0.169. The lowest BCUT2D eigenvalue weighted by Crippen LogP contribution is -2.44. The molecule has 2 heteroatoms. The van der Waals surface area contributed by atoms with E-state index in [-0.39, 0.29) is 0 Å². The van der Waals surface area contributed by atoms with Crippen molar-refractivity contribution in [2.45, 2.75) is 61.2 Å². The second-order valence-electron chi connectivity index (χ2n) is 5.15. The zero-order valence-corrected chi connectivity index (χ0v) is 13.1. The first-order valence-electron chi connectivity index (χ1n) is 5.97. The van der Waals surface area contributed by atoms with E-state index in [0.29, 0.717) is 8.84 Å². The molecule has 2 aliphatic rings. The molecule has 2 fully saturated rings. The van der Waals surface area contributed by atoms with Gasteiger partial charge in [0.25, 0.3) is 0 Å². The molecule has 0 N–H and O–H groups in total. The van der Waals surface area contributed by atoms with Gasteiger partial charge in [0.15, 0.2) is 0 Å². The first-order valence-corrected chi connectivity index (χ1v) is 8.58. The third-order valence-electron chi connectivity index (χ3n) is 4.41. The van der Waals surface area contributed by atoms with Crippen LogP contribution in [0.5, 0.6) is 0 Å². The van der Waals surface area contributed by atoms with Crippen LogP contribution in [0, 0.1) is 5.41 Å². The molecule has 82 valence electrons. The van der Waals surface area contributed by atoms with Crippen molar-refractivity contribution in [1.82, 2.24) is 0 Å². The van der Waals surface area contributed by atoms with E-state index < -0.39 is 0 Å². The van der Waals surface area contributed by atoms with E-state index >= 15 is 0 Å². The first-order chi connectivity index (χ1) is 6.72. The number of halogens is 2. The molecule has 0 aromatic heterocycles. The van der Waals surface area contributed by atoms with Gasteiger partial charge in [-0.3, -0.25) is 0 Å². The van der Waals surface area contributed by atoms with E-state index in [1.165, 1.54) is 62.2 Å². The van der Waals surface area contributed by atoms with Gasteiger partial charge in [-0.05, 0) is 31.1 Å². The summed E-state index contributed by atoms with van der Waals surface area (Å²) in [7, 11) is 0. The average molecular weight is 418 g/mol. The van der Waals surface area contributed by atoms with Crippen LogP contribution in [0.4, 0.5) is 0 Å². The first kappa shape index (κ1) is 11.9. The molecule has 0 saturated heterocycles. The van der Waals surface area contributed by atoms with Crippen LogP contribution in [0.15, 0.2) is 0 Å². The molecule has 0 radical (unpaired) electrons. The molecule has 0 amide bonds. The van der Waals surface area contributed by atoms with Crippen molar-refractivity contribution in [1.29, 1.82) is 0 Å². The van der Waals surface area contributed by atoms with Crippen LogP contribution in [0.1, 0.15) is 57.8 Å². The fourth-order valence-electron chi connectivity index (χ4n) is 3.40. The third-order valence-corrected chi connectivity index (χ3v) is 8.10. The van der Waals surface area contributed by atoms with Crippen molar-refractivity contribution in [2.75, 3.05) is 4.43 Å². The van der Waals surface area contributed by atoms with Crippen molar-refractivity contribution in [3.05, 3.63) is 0 Å². The molecule has 0 aromatic rings. The lowest BCUT2D eigenvalue weighted by Gasteiger charge is -2.47. The van der Waals surface area contributed by atoms with Gasteiger partial charge in [-0.1, -0.05) is 77.3 Å². The van der Waals surface area contributed by atoms with E-state index in [1.807, 2.05) is 0 Å². The second kappa shape index (κ2) is 4.76. The Bertz CT molecular complexity index is 188. The topological polar surface area (TPSA) is 0 Å². The van der Waals surface area contributed by atoms with Gasteiger partial charge in [0.05, 0.1) is 0 Å². The van der Waals surface area contributed by atoms with Crippen LogP contribution >= 0.6 is 45.2 Å². The summed E-state index contributed by atoms with van der Waals surface area (Å²) >= 11 is 5.49. The summed E-state index contributed by atoms with van der Waals surface area (Å²) in [6.45, 7) is 0. The van der Waals surface area contributed by atoms with Gasteiger partial charge in [0, 0.05) is 7.85 Å². The van der Waals surface area contributed by atoms with E-state index in [4.69, 9.17) is 0 Å². The Hall–Kier alpha value is 1.46. The predicted octanol–water partition coefficient (Wildman–Crippen LogP) is 5.12. The molecule has 0 atom stereocenters. The summed E-state index contributed by atoms with van der Waals surface area (Å²) in [4.78, 5) is 0. The minimum Gasteiger partial charge on any atom is -0.0857 e. The van der Waals surface area contributed by atoms with Gasteiger partial charge in [-0.2, -0.15) is 0 Å². The molecule has 0 bridgehead atoms. The van der Waals surface area contributed by atoms with Crippen molar-refractivity contribution in [3.8, 4) is 0 Å². The Balaban J connectivity index is 2.16. The van der Waals surface area contributed by atoms with Crippen molar-refractivity contribution >= 4 is 45.2 Å². The molecular weight excluding hydrogens is 398 g/mol. The van der Waals surface area contributed by atoms with Gasteiger partial charge in [0.1, 0.15) is 0 Å². The zero-order chi connectivity index (χ0) is 10.1. The van der Waals surface area contributed by atoms with Crippen LogP contribution in [0.3, 0.4) is 0 Å². The maximum Gasteiger partial charge on any atom is 0.0285 e. The Kier molecular flexibility index (Phi) is 4.06. The molecule has 0 aliphatic heterocycles. The second-order valence-corrected chi connectivity index (χ2v) is 7.97. The largest absolute Gasteiger partial charge is 0.0857 e. The number of hydrogen-bond donors (Lipinski definition) is 0. The highest BCUT2D eigenvalue weighted by Crippen LogP contribution is 2.57. The molecule has 2 rings (SSSR count). The molecule has 0 unspecified atom stereocenters. The number of hydrogen-bond acceptors (Lipinski definition) is 0.